The predicted molar refractivity (Wildman–Crippen MR) is 77.9 cm³/mol. The second-order valence-corrected chi connectivity index (χ2v) is 5.41. The van der Waals surface area contributed by atoms with Crippen molar-refractivity contribution in [3.05, 3.63) is 53.0 Å². The highest BCUT2D eigenvalue weighted by molar-refractivity contribution is 6.31. The molecule has 2 aromatic heterocycles. The molecule has 1 atom stereocenters. The lowest BCUT2D eigenvalue weighted by Crippen LogP contribution is -2.12. The van der Waals surface area contributed by atoms with Crippen LogP contribution >= 0.6 is 11.6 Å². The minimum absolute atomic E-state index is 0.116. The number of nitrogens with zero attached hydrogens (tertiary/aromatic N) is 2. The Morgan fingerprint density at radius 3 is 2.80 bits per heavy atom. The molecular weight excluding hydrogens is 276 g/mol. The van der Waals surface area contributed by atoms with Crippen LogP contribution in [0.3, 0.4) is 0 Å². The zero-order valence-corrected chi connectivity index (χ0v) is 12.0. The standard InChI is InChI=1S/C15H15ClN2O2/c1-9(2)18-14(12(16)7-17-18)15(19)11-8-20-13-6-4-3-5-10(11)13/h3-9,15,19H,1-2H3. The van der Waals surface area contributed by atoms with Gasteiger partial charge in [0.15, 0.2) is 0 Å². The lowest BCUT2D eigenvalue weighted by atomic mass is 10.1. The van der Waals surface area contributed by atoms with Crippen molar-refractivity contribution in [2.45, 2.75) is 26.0 Å². The maximum atomic E-state index is 10.7. The molecule has 0 aliphatic carbocycles. The summed E-state index contributed by atoms with van der Waals surface area (Å²) in [5.41, 5.74) is 2.03. The zero-order valence-electron chi connectivity index (χ0n) is 11.2. The molecule has 3 aromatic rings. The van der Waals surface area contributed by atoms with E-state index in [4.69, 9.17) is 16.0 Å². The van der Waals surface area contributed by atoms with E-state index in [0.717, 1.165) is 11.0 Å². The Labute approximate surface area is 121 Å². The predicted octanol–water partition coefficient (Wildman–Crippen LogP) is 3.95. The van der Waals surface area contributed by atoms with Crippen LogP contribution in [0.15, 0.2) is 41.1 Å². The Balaban J connectivity index is 2.13. The van der Waals surface area contributed by atoms with Crippen molar-refractivity contribution >= 4 is 22.6 Å². The molecule has 0 radical (unpaired) electrons. The van der Waals surface area contributed by atoms with E-state index in [9.17, 15) is 5.11 Å². The van der Waals surface area contributed by atoms with Gasteiger partial charge in [-0.2, -0.15) is 5.10 Å². The first kappa shape index (κ1) is 13.2. The average molecular weight is 291 g/mol. The van der Waals surface area contributed by atoms with Crippen molar-refractivity contribution in [2.24, 2.45) is 0 Å². The van der Waals surface area contributed by atoms with E-state index in [1.54, 1.807) is 17.1 Å². The van der Waals surface area contributed by atoms with Crippen LogP contribution in [0.2, 0.25) is 5.02 Å². The molecule has 1 unspecified atom stereocenters. The second-order valence-electron chi connectivity index (χ2n) is 5.01. The van der Waals surface area contributed by atoms with Gasteiger partial charge in [-0.3, -0.25) is 4.68 Å². The topological polar surface area (TPSA) is 51.2 Å². The number of rotatable bonds is 3. The van der Waals surface area contributed by atoms with Gasteiger partial charge in [-0.1, -0.05) is 29.8 Å². The van der Waals surface area contributed by atoms with E-state index in [0.29, 0.717) is 16.3 Å². The summed E-state index contributed by atoms with van der Waals surface area (Å²) < 4.78 is 7.21. The van der Waals surface area contributed by atoms with Gasteiger partial charge in [0, 0.05) is 17.0 Å². The van der Waals surface area contributed by atoms with Gasteiger partial charge in [0.2, 0.25) is 0 Å². The maximum absolute atomic E-state index is 10.7. The van der Waals surface area contributed by atoms with Gasteiger partial charge >= 0.3 is 0 Å². The summed E-state index contributed by atoms with van der Waals surface area (Å²) >= 11 is 6.18. The third-order valence-electron chi connectivity index (χ3n) is 3.34. The van der Waals surface area contributed by atoms with Crippen LogP contribution in [0.5, 0.6) is 0 Å². The zero-order chi connectivity index (χ0) is 14.3. The van der Waals surface area contributed by atoms with Gasteiger partial charge in [-0.05, 0) is 19.9 Å². The van der Waals surface area contributed by atoms with Crippen LogP contribution in [0, 0.1) is 0 Å². The number of halogens is 1. The molecule has 0 amide bonds. The Morgan fingerprint density at radius 2 is 2.05 bits per heavy atom. The molecule has 0 aliphatic heterocycles. The summed E-state index contributed by atoms with van der Waals surface area (Å²) in [4.78, 5) is 0. The van der Waals surface area contributed by atoms with Crippen molar-refractivity contribution in [1.82, 2.24) is 9.78 Å². The number of furan rings is 1. The maximum Gasteiger partial charge on any atom is 0.134 e. The Hall–Kier alpha value is -1.78. The first-order valence-electron chi connectivity index (χ1n) is 6.46. The molecule has 0 saturated carbocycles. The van der Waals surface area contributed by atoms with Gasteiger partial charge < -0.3 is 9.52 Å². The second kappa shape index (κ2) is 4.96. The van der Waals surface area contributed by atoms with Crippen LogP contribution in [0.1, 0.15) is 37.3 Å². The van der Waals surface area contributed by atoms with Crippen molar-refractivity contribution < 1.29 is 9.52 Å². The van der Waals surface area contributed by atoms with Gasteiger partial charge in [-0.15, -0.1) is 0 Å². The van der Waals surface area contributed by atoms with Gasteiger partial charge in [0.25, 0.3) is 0 Å². The third kappa shape index (κ3) is 2.01. The van der Waals surface area contributed by atoms with Crippen molar-refractivity contribution in [2.75, 3.05) is 0 Å². The van der Waals surface area contributed by atoms with Gasteiger partial charge in [0.05, 0.1) is 23.2 Å². The molecule has 0 fully saturated rings. The van der Waals surface area contributed by atoms with Crippen molar-refractivity contribution in [3.63, 3.8) is 0 Å². The van der Waals surface area contributed by atoms with E-state index in [2.05, 4.69) is 5.10 Å². The highest BCUT2D eigenvalue weighted by Crippen LogP contribution is 2.34. The number of hydrogen-bond donors (Lipinski definition) is 1. The molecule has 1 aromatic carbocycles. The molecule has 2 heterocycles. The van der Waals surface area contributed by atoms with Crippen LogP contribution < -0.4 is 0 Å². The Kier molecular flexibility index (Phi) is 3.28. The molecule has 3 rings (SSSR count). The van der Waals surface area contributed by atoms with E-state index >= 15 is 0 Å². The minimum Gasteiger partial charge on any atom is -0.464 e. The van der Waals surface area contributed by atoms with Crippen LogP contribution in [0.4, 0.5) is 0 Å². The van der Waals surface area contributed by atoms with E-state index < -0.39 is 6.10 Å². The van der Waals surface area contributed by atoms with E-state index in [1.807, 2.05) is 38.1 Å². The van der Waals surface area contributed by atoms with Crippen LogP contribution in [0.25, 0.3) is 11.0 Å². The first-order valence-corrected chi connectivity index (χ1v) is 6.84. The van der Waals surface area contributed by atoms with Gasteiger partial charge in [0.1, 0.15) is 11.7 Å². The molecule has 1 N–H and O–H groups in total. The fourth-order valence-electron chi connectivity index (χ4n) is 2.38. The lowest BCUT2D eigenvalue weighted by Gasteiger charge is -2.15. The normalized spacial score (nSPS) is 13.2. The number of aliphatic hydroxyl groups excluding tert-OH is 1. The highest BCUT2D eigenvalue weighted by atomic mass is 35.5. The Bertz CT molecular complexity index is 745. The lowest BCUT2D eigenvalue weighted by molar-refractivity contribution is 0.205. The number of hydrogen-bond acceptors (Lipinski definition) is 3. The molecule has 20 heavy (non-hydrogen) atoms. The molecule has 4 nitrogen and oxygen atoms in total. The summed E-state index contributed by atoms with van der Waals surface area (Å²) in [6, 6.07) is 7.71. The summed E-state index contributed by atoms with van der Waals surface area (Å²) in [5, 5.41) is 16.2. The highest BCUT2D eigenvalue weighted by Gasteiger charge is 2.24. The number of fused-ring (bicyclic) bond motifs is 1. The molecular formula is C15H15ClN2O2. The Morgan fingerprint density at radius 1 is 1.30 bits per heavy atom. The van der Waals surface area contributed by atoms with E-state index in [-0.39, 0.29) is 6.04 Å². The SMILES string of the molecule is CC(C)n1ncc(Cl)c1C(O)c1coc2ccccc12. The van der Waals surface area contributed by atoms with Crippen LogP contribution in [-0.4, -0.2) is 14.9 Å². The largest absolute Gasteiger partial charge is 0.464 e. The quantitative estimate of drug-likeness (QED) is 0.795. The summed E-state index contributed by atoms with van der Waals surface area (Å²) in [6.07, 6.45) is 2.27. The molecule has 0 saturated heterocycles. The third-order valence-corrected chi connectivity index (χ3v) is 3.63. The summed E-state index contributed by atoms with van der Waals surface area (Å²) in [6.45, 7) is 3.99. The number of para-hydroxylation sites is 1. The average Bonchev–Trinajstić information content (AvgIpc) is 3.01. The monoisotopic (exact) mass is 290 g/mol. The molecule has 0 spiro atoms. The fraction of sp³-hybridized carbons (Fsp3) is 0.267. The molecule has 104 valence electrons. The summed E-state index contributed by atoms with van der Waals surface area (Å²) in [5.74, 6) is 0. The number of benzene rings is 1. The smallest absolute Gasteiger partial charge is 0.134 e. The van der Waals surface area contributed by atoms with Crippen molar-refractivity contribution in [1.29, 1.82) is 0 Å². The summed E-state index contributed by atoms with van der Waals surface area (Å²) in [7, 11) is 0. The van der Waals surface area contributed by atoms with Crippen LogP contribution in [-0.2, 0) is 0 Å². The molecule has 0 aliphatic rings. The first-order chi connectivity index (χ1) is 9.59. The van der Waals surface area contributed by atoms with Crippen molar-refractivity contribution in [3.8, 4) is 0 Å². The number of aliphatic hydroxyl groups is 1. The fourth-order valence-corrected chi connectivity index (χ4v) is 2.61. The minimum atomic E-state index is -0.865. The van der Waals surface area contributed by atoms with E-state index in [1.165, 1.54) is 0 Å². The molecule has 5 heteroatoms. The number of aromatic nitrogens is 2. The van der Waals surface area contributed by atoms with Gasteiger partial charge in [-0.25, -0.2) is 0 Å². The molecule has 0 bridgehead atoms.